The maximum atomic E-state index is 6.27. The van der Waals surface area contributed by atoms with Gasteiger partial charge in [-0.2, -0.15) is 0 Å². The van der Waals surface area contributed by atoms with Gasteiger partial charge in [0.25, 0.3) is 0 Å². The van der Waals surface area contributed by atoms with Crippen molar-refractivity contribution in [3.63, 3.8) is 0 Å². The molecule has 4 rings (SSSR count). The van der Waals surface area contributed by atoms with Crippen LogP contribution >= 0.6 is 0 Å². The van der Waals surface area contributed by atoms with Gasteiger partial charge >= 0.3 is 0 Å². The molecule has 2 saturated heterocycles. The smallest absolute Gasteiger partial charge is 0.0883 e. The van der Waals surface area contributed by atoms with Crippen molar-refractivity contribution in [1.29, 1.82) is 0 Å². The van der Waals surface area contributed by atoms with Crippen molar-refractivity contribution in [3.05, 3.63) is 22.9 Å². The highest BCUT2D eigenvalue weighted by atomic mass is 16.5. The molecule has 1 N–H and O–H groups in total. The van der Waals surface area contributed by atoms with Crippen molar-refractivity contribution in [2.45, 2.75) is 38.2 Å². The molecule has 1 aliphatic carbocycles. The van der Waals surface area contributed by atoms with E-state index < -0.39 is 0 Å². The molecule has 0 bridgehead atoms. The Morgan fingerprint density at radius 1 is 1.32 bits per heavy atom. The molecule has 0 aromatic heterocycles. The van der Waals surface area contributed by atoms with E-state index in [4.69, 9.17) is 4.74 Å². The summed E-state index contributed by atoms with van der Waals surface area (Å²) in [5.41, 5.74) is 5.11. The molecule has 0 aromatic carbocycles. The van der Waals surface area contributed by atoms with Crippen LogP contribution in [0.5, 0.6) is 0 Å². The SMILES string of the molecule is CN1CCC2=C1C=C1CCCOC1C21CCNCC1. The number of ether oxygens (including phenoxy) is 1. The van der Waals surface area contributed by atoms with Crippen LogP contribution in [-0.4, -0.2) is 44.3 Å². The first-order chi connectivity index (χ1) is 9.31. The van der Waals surface area contributed by atoms with E-state index >= 15 is 0 Å². The van der Waals surface area contributed by atoms with Crippen molar-refractivity contribution < 1.29 is 4.74 Å². The fourth-order valence-corrected chi connectivity index (χ4v) is 4.61. The minimum atomic E-state index is 0.315. The monoisotopic (exact) mass is 260 g/mol. The molecule has 3 nitrogen and oxygen atoms in total. The molecule has 3 heterocycles. The van der Waals surface area contributed by atoms with Gasteiger partial charge in [0.2, 0.25) is 0 Å². The summed E-state index contributed by atoms with van der Waals surface area (Å²) in [6.45, 7) is 4.44. The van der Waals surface area contributed by atoms with Gasteiger partial charge in [0.05, 0.1) is 6.10 Å². The summed E-state index contributed by atoms with van der Waals surface area (Å²) in [5.74, 6) is 0. The Hall–Kier alpha value is -0.800. The maximum Gasteiger partial charge on any atom is 0.0883 e. The Morgan fingerprint density at radius 2 is 2.16 bits per heavy atom. The van der Waals surface area contributed by atoms with Crippen LogP contribution in [0.2, 0.25) is 0 Å². The van der Waals surface area contributed by atoms with E-state index in [1.54, 1.807) is 11.1 Å². The van der Waals surface area contributed by atoms with Crippen LogP contribution in [0, 0.1) is 5.41 Å². The topological polar surface area (TPSA) is 24.5 Å². The summed E-state index contributed by atoms with van der Waals surface area (Å²) >= 11 is 0. The molecule has 1 unspecified atom stereocenters. The molecule has 2 fully saturated rings. The Bertz CT molecular complexity index is 446. The number of nitrogens with one attached hydrogen (secondary N) is 1. The standard InChI is InChI=1S/C16H24N2O/c1-18-9-4-13-14(18)11-12-3-2-10-19-15(12)16(13)5-7-17-8-6-16/h11,15,17H,2-10H2,1H3. The summed E-state index contributed by atoms with van der Waals surface area (Å²) in [7, 11) is 2.25. The molecule has 1 atom stereocenters. The normalized spacial score (nSPS) is 33.2. The minimum absolute atomic E-state index is 0.315. The lowest BCUT2D eigenvalue weighted by Crippen LogP contribution is -2.50. The Balaban J connectivity index is 1.82. The van der Waals surface area contributed by atoms with Gasteiger partial charge in [-0.3, -0.25) is 0 Å². The number of hydrogen-bond acceptors (Lipinski definition) is 3. The molecule has 0 radical (unpaired) electrons. The van der Waals surface area contributed by atoms with Gasteiger partial charge in [-0.15, -0.1) is 0 Å². The lowest BCUT2D eigenvalue weighted by Gasteiger charge is -2.49. The summed E-state index contributed by atoms with van der Waals surface area (Å²) in [5, 5.41) is 3.53. The molecule has 19 heavy (non-hydrogen) atoms. The fraction of sp³-hybridized carbons (Fsp3) is 0.750. The predicted octanol–water partition coefficient (Wildman–Crippen LogP) is 2.06. The summed E-state index contributed by atoms with van der Waals surface area (Å²) in [6.07, 6.45) is 9.03. The highest BCUT2D eigenvalue weighted by Gasteiger charge is 2.50. The van der Waals surface area contributed by atoms with Gasteiger partial charge in [0, 0.05) is 31.3 Å². The third-order valence-electron chi connectivity index (χ3n) is 5.57. The van der Waals surface area contributed by atoms with E-state index in [0.29, 0.717) is 11.5 Å². The number of likely N-dealkylation sites (N-methyl/N-ethyl adjacent to an activating group) is 1. The predicted molar refractivity (Wildman–Crippen MR) is 75.9 cm³/mol. The van der Waals surface area contributed by atoms with Gasteiger partial charge in [0.1, 0.15) is 0 Å². The average molecular weight is 260 g/mol. The first-order valence-electron chi connectivity index (χ1n) is 7.79. The number of fused-ring (bicyclic) bond motifs is 3. The second-order valence-electron chi connectivity index (χ2n) is 6.52. The number of nitrogens with zero attached hydrogens (tertiary/aromatic N) is 1. The van der Waals surface area contributed by atoms with E-state index in [0.717, 1.165) is 19.7 Å². The van der Waals surface area contributed by atoms with Crippen molar-refractivity contribution in [2.75, 3.05) is 33.3 Å². The van der Waals surface area contributed by atoms with E-state index in [-0.39, 0.29) is 0 Å². The number of hydrogen-bond donors (Lipinski definition) is 1. The molecule has 104 valence electrons. The van der Waals surface area contributed by atoms with Crippen LogP contribution in [0.3, 0.4) is 0 Å². The molecular weight excluding hydrogens is 236 g/mol. The molecular formula is C16H24N2O. The zero-order chi connectivity index (χ0) is 12.9. The van der Waals surface area contributed by atoms with Crippen molar-refractivity contribution in [1.82, 2.24) is 10.2 Å². The third-order valence-corrected chi connectivity index (χ3v) is 5.57. The average Bonchev–Trinajstić information content (AvgIpc) is 2.83. The van der Waals surface area contributed by atoms with E-state index in [2.05, 4.69) is 23.3 Å². The lowest BCUT2D eigenvalue weighted by molar-refractivity contribution is -0.0356. The summed E-state index contributed by atoms with van der Waals surface area (Å²) in [6, 6.07) is 0. The Labute approximate surface area is 115 Å². The largest absolute Gasteiger partial charge is 0.374 e. The molecule has 0 amide bonds. The van der Waals surface area contributed by atoms with Gasteiger partial charge in [-0.1, -0.05) is 0 Å². The van der Waals surface area contributed by atoms with Gasteiger partial charge in [0.15, 0.2) is 0 Å². The van der Waals surface area contributed by atoms with Gasteiger partial charge < -0.3 is 15.0 Å². The quantitative estimate of drug-likeness (QED) is 0.721. The van der Waals surface area contributed by atoms with Crippen molar-refractivity contribution in [2.24, 2.45) is 5.41 Å². The van der Waals surface area contributed by atoms with Crippen LogP contribution in [-0.2, 0) is 4.74 Å². The number of allylic oxidation sites excluding steroid dienone is 1. The van der Waals surface area contributed by atoms with E-state index in [9.17, 15) is 0 Å². The zero-order valence-electron chi connectivity index (χ0n) is 11.9. The lowest BCUT2D eigenvalue weighted by atomic mass is 9.62. The van der Waals surface area contributed by atoms with Crippen LogP contribution in [0.25, 0.3) is 0 Å². The third kappa shape index (κ3) is 1.64. The highest BCUT2D eigenvalue weighted by Crippen LogP contribution is 2.53. The molecule has 4 aliphatic rings. The first kappa shape index (κ1) is 12.0. The second-order valence-corrected chi connectivity index (χ2v) is 6.52. The Morgan fingerprint density at radius 3 is 3.00 bits per heavy atom. The van der Waals surface area contributed by atoms with Crippen molar-refractivity contribution >= 4 is 0 Å². The van der Waals surface area contributed by atoms with Crippen LogP contribution < -0.4 is 5.32 Å². The van der Waals surface area contributed by atoms with Gasteiger partial charge in [-0.05, 0) is 62.4 Å². The number of piperidine rings is 1. The highest BCUT2D eigenvalue weighted by molar-refractivity contribution is 5.44. The second kappa shape index (κ2) is 4.35. The number of rotatable bonds is 0. The molecule has 0 saturated carbocycles. The first-order valence-corrected chi connectivity index (χ1v) is 7.79. The molecule has 3 aliphatic heterocycles. The Kier molecular flexibility index (Phi) is 2.75. The van der Waals surface area contributed by atoms with Crippen molar-refractivity contribution in [3.8, 4) is 0 Å². The molecule has 0 aromatic rings. The fourth-order valence-electron chi connectivity index (χ4n) is 4.61. The zero-order valence-corrected chi connectivity index (χ0v) is 11.9. The van der Waals surface area contributed by atoms with Crippen LogP contribution in [0.15, 0.2) is 22.9 Å². The van der Waals surface area contributed by atoms with E-state index in [1.807, 2.05) is 0 Å². The molecule has 3 heteroatoms. The summed E-state index contributed by atoms with van der Waals surface area (Å²) < 4.78 is 6.27. The maximum absolute atomic E-state index is 6.27. The van der Waals surface area contributed by atoms with Gasteiger partial charge in [-0.25, -0.2) is 0 Å². The minimum Gasteiger partial charge on any atom is -0.374 e. The molecule has 1 spiro atoms. The van der Waals surface area contributed by atoms with Crippen LogP contribution in [0.4, 0.5) is 0 Å². The summed E-state index contributed by atoms with van der Waals surface area (Å²) in [4.78, 5) is 2.46. The van der Waals surface area contributed by atoms with Crippen LogP contribution in [0.1, 0.15) is 32.1 Å². The van der Waals surface area contributed by atoms with E-state index in [1.165, 1.54) is 44.3 Å².